The predicted molar refractivity (Wildman–Crippen MR) is 162 cm³/mol. The highest BCUT2D eigenvalue weighted by Crippen LogP contribution is 2.58. The number of phosphoric acid groups is 2. The van der Waals surface area contributed by atoms with Crippen LogP contribution in [-0.2, 0) is 22.7 Å². The van der Waals surface area contributed by atoms with Gasteiger partial charge in [-0.15, -0.1) is 0 Å². The van der Waals surface area contributed by atoms with Gasteiger partial charge in [0.25, 0.3) is 0 Å². The molecule has 2 heterocycles. The van der Waals surface area contributed by atoms with E-state index in [1.807, 2.05) is 0 Å². The van der Waals surface area contributed by atoms with E-state index in [4.69, 9.17) is 24.8 Å². The molecule has 8 N–H and O–H groups in total. The number of nitrogen functional groups attached to an aromatic ring is 1. The third-order valence-corrected chi connectivity index (χ3v) is 9.90. The zero-order valence-corrected chi connectivity index (χ0v) is 27.2. The molecule has 1 aromatic heterocycles. The van der Waals surface area contributed by atoms with E-state index in [0.717, 1.165) is 30.3 Å². The van der Waals surface area contributed by atoms with Gasteiger partial charge in [0, 0.05) is 6.20 Å². The number of hydrogen-bond acceptors (Lipinski definition) is 11. The third kappa shape index (κ3) is 14.0. The third-order valence-electron chi connectivity index (χ3n) is 7.69. The summed E-state index contributed by atoms with van der Waals surface area (Å²) in [7, 11) is -10.8. The molecule has 0 saturated carbocycles. The first-order chi connectivity index (χ1) is 20.8. The Balaban J connectivity index is 1.87. The van der Waals surface area contributed by atoms with Crippen LogP contribution in [-0.4, -0.2) is 70.1 Å². The van der Waals surface area contributed by atoms with E-state index in [1.165, 1.54) is 70.1 Å². The van der Waals surface area contributed by atoms with Gasteiger partial charge in [0.15, 0.2) is 6.23 Å². The molecule has 0 amide bonds. The van der Waals surface area contributed by atoms with Crippen molar-refractivity contribution >= 4 is 21.5 Å². The minimum Gasteiger partial charge on any atom is -0.388 e. The van der Waals surface area contributed by atoms with E-state index in [9.17, 15) is 34.1 Å². The van der Waals surface area contributed by atoms with Gasteiger partial charge < -0.3 is 40.5 Å². The van der Waals surface area contributed by atoms with Gasteiger partial charge in [-0.1, -0.05) is 103 Å². The lowest BCUT2D eigenvalue weighted by atomic mass is 9.97. The van der Waals surface area contributed by atoms with Crippen LogP contribution in [0.5, 0.6) is 0 Å². The Hall–Kier alpha value is -1.22. The summed E-state index contributed by atoms with van der Waals surface area (Å²) in [6.07, 6.45) is 7.70. The van der Waals surface area contributed by atoms with Crippen LogP contribution in [0.3, 0.4) is 0 Å². The molecule has 256 valence electrons. The van der Waals surface area contributed by atoms with Crippen molar-refractivity contribution in [3.8, 4) is 0 Å². The number of rotatable bonds is 23. The molecule has 3 unspecified atom stereocenters. The van der Waals surface area contributed by atoms with Crippen LogP contribution in [0, 0.1) is 0 Å². The second-order valence-electron chi connectivity index (χ2n) is 11.4. The van der Waals surface area contributed by atoms with E-state index in [0.29, 0.717) is 12.8 Å². The smallest absolute Gasteiger partial charge is 0.388 e. The maximum Gasteiger partial charge on any atom is 0.481 e. The molecular formula is C27H51N3O12P2. The molecule has 1 fully saturated rings. The molecule has 44 heavy (non-hydrogen) atoms. The molecule has 7 atom stereocenters. The summed E-state index contributed by atoms with van der Waals surface area (Å²) in [6, 6.07) is 1.26. The standard InChI is InChI=1S/C27H51N3O12P2/c1-2-3-4-5-6-7-8-9-10-11-12-13-14-15-16-17-20(41-44(38,39)42-43(35,36)37)22(31)25-23(32)24(33)26(40-25)30-19-18-21(28)29-27(30)34/h18-20,22-26,31-33H,2-17H2,1H3,(H,38,39)(H2,28,29,34)(H2,35,36,37)/t20?,22?,23-,24+,25+,26+/m0/s1. The van der Waals surface area contributed by atoms with Crippen LogP contribution in [0.1, 0.15) is 116 Å². The van der Waals surface area contributed by atoms with Crippen LogP contribution in [0.25, 0.3) is 0 Å². The minimum atomic E-state index is -5.44. The molecule has 1 saturated heterocycles. The Bertz CT molecular complexity index is 1120. The molecule has 17 heteroatoms. The molecule has 1 aromatic rings. The summed E-state index contributed by atoms with van der Waals surface area (Å²) in [4.78, 5) is 43.7. The molecule has 15 nitrogen and oxygen atoms in total. The van der Waals surface area contributed by atoms with Crippen molar-refractivity contribution in [3.05, 3.63) is 22.7 Å². The number of aliphatic hydroxyl groups excluding tert-OH is 3. The Morgan fingerprint density at radius 2 is 1.41 bits per heavy atom. The monoisotopic (exact) mass is 671 g/mol. The number of aromatic nitrogens is 2. The maximum absolute atomic E-state index is 12.3. The van der Waals surface area contributed by atoms with Crippen molar-refractivity contribution in [2.75, 3.05) is 5.73 Å². The van der Waals surface area contributed by atoms with E-state index in [2.05, 4.69) is 16.2 Å². The topological polar surface area (TPSA) is 244 Å². The Morgan fingerprint density at radius 1 is 0.909 bits per heavy atom. The van der Waals surface area contributed by atoms with Gasteiger partial charge in [-0.25, -0.2) is 13.9 Å². The van der Waals surface area contributed by atoms with Crippen molar-refractivity contribution in [2.24, 2.45) is 0 Å². The minimum absolute atomic E-state index is 0.0643. The molecule has 0 bridgehead atoms. The lowest BCUT2D eigenvalue weighted by Crippen LogP contribution is -2.45. The fourth-order valence-corrected chi connectivity index (χ4v) is 7.16. The summed E-state index contributed by atoms with van der Waals surface area (Å²) in [5.41, 5.74) is 4.59. The Labute approximate surface area is 258 Å². The molecule has 0 radical (unpaired) electrons. The number of ether oxygens (including phenoxy) is 1. The van der Waals surface area contributed by atoms with Gasteiger partial charge in [0.2, 0.25) is 0 Å². The van der Waals surface area contributed by atoms with E-state index in [-0.39, 0.29) is 12.2 Å². The van der Waals surface area contributed by atoms with Gasteiger partial charge in [-0.3, -0.25) is 9.09 Å². The van der Waals surface area contributed by atoms with E-state index < -0.39 is 58.1 Å². The van der Waals surface area contributed by atoms with E-state index >= 15 is 0 Å². The fourth-order valence-electron chi connectivity index (χ4n) is 5.36. The van der Waals surface area contributed by atoms with Crippen LogP contribution in [0.15, 0.2) is 17.1 Å². The van der Waals surface area contributed by atoms with Gasteiger partial charge in [-0.05, 0) is 12.5 Å². The number of unbranched alkanes of at least 4 members (excludes halogenated alkanes) is 14. The van der Waals surface area contributed by atoms with Gasteiger partial charge >= 0.3 is 21.3 Å². The molecule has 2 rings (SSSR count). The highest BCUT2D eigenvalue weighted by atomic mass is 31.3. The summed E-state index contributed by atoms with van der Waals surface area (Å²) >= 11 is 0. The zero-order chi connectivity index (χ0) is 32.8. The average molecular weight is 672 g/mol. The van der Waals surface area contributed by atoms with Crippen molar-refractivity contribution in [2.45, 2.75) is 146 Å². The van der Waals surface area contributed by atoms with Crippen LogP contribution in [0.2, 0.25) is 0 Å². The maximum atomic E-state index is 12.3. The highest BCUT2D eigenvalue weighted by molar-refractivity contribution is 7.60. The number of anilines is 1. The average Bonchev–Trinajstić information content (AvgIpc) is 3.22. The number of nitrogens with two attached hydrogens (primary N) is 1. The van der Waals surface area contributed by atoms with Crippen molar-refractivity contribution in [1.82, 2.24) is 9.55 Å². The lowest BCUT2D eigenvalue weighted by molar-refractivity contribution is -0.120. The first-order valence-corrected chi connectivity index (χ1v) is 18.6. The highest BCUT2D eigenvalue weighted by Gasteiger charge is 2.50. The van der Waals surface area contributed by atoms with Gasteiger partial charge in [0.1, 0.15) is 30.2 Å². The quantitative estimate of drug-likeness (QED) is 0.0649. The second kappa shape index (κ2) is 19.4. The van der Waals surface area contributed by atoms with Crippen LogP contribution >= 0.6 is 15.6 Å². The largest absolute Gasteiger partial charge is 0.481 e. The molecule has 1 aliphatic rings. The van der Waals surface area contributed by atoms with Crippen molar-refractivity contribution < 1.29 is 52.7 Å². The zero-order valence-electron chi connectivity index (χ0n) is 25.4. The van der Waals surface area contributed by atoms with Crippen molar-refractivity contribution in [3.63, 3.8) is 0 Å². The summed E-state index contributed by atoms with van der Waals surface area (Å²) in [6.45, 7) is 2.22. The van der Waals surface area contributed by atoms with Gasteiger partial charge in [-0.2, -0.15) is 9.29 Å². The number of hydrogen-bond donors (Lipinski definition) is 7. The lowest BCUT2D eigenvalue weighted by Gasteiger charge is -2.29. The molecule has 0 spiro atoms. The Morgan fingerprint density at radius 3 is 1.89 bits per heavy atom. The van der Waals surface area contributed by atoms with E-state index in [1.54, 1.807) is 0 Å². The van der Waals surface area contributed by atoms with Crippen LogP contribution in [0.4, 0.5) is 5.82 Å². The fraction of sp³-hybridized carbons (Fsp3) is 0.852. The molecular weight excluding hydrogens is 620 g/mol. The molecule has 0 aromatic carbocycles. The summed E-state index contributed by atoms with van der Waals surface area (Å²) in [5, 5.41) is 32.2. The normalized spacial score (nSPS) is 23.4. The van der Waals surface area contributed by atoms with Crippen LogP contribution < -0.4 is 11.4 Å². The molecule has 0 aliphatic carbocycles. The first kappa shape index (κ1) is 39.0. The number of aliphatic hydroxyl groups is 3. The second-order valence-corrected chi connectivity index (χ2v) is 14.2. The summed E-state index contributed by atoms with van der Waals surface area (Å²) < 4.78 is 38.7. The molecule has 1 aliphatic heterocycles. The number of phosphoric ester groups is 1. The van der Waals surface area contributed by atoms with Gasteiger partial charge in [0.05, 0.1) is 6.10 Å². The predicted octanol–water partition coefficient (Wildman–Crippen LogP) is 3.66. The SMILES string of the molecule is CCCCCCCCCCCCCCCCCC(OP(=O)(O)OP(=O)(O)O)C(O)[C@H]1O[C@@H](n2ccc(N)nc2=O)[C@H](O)[C@@H]1O. The Kier molecular flexibility index (Phi) is 17.2. The first-order valence-electron chi connectivity index (χ1n) is 15.6. The van der Waals surface area contributed by atoms with Crippen molar-refractivity contribution in [1.29, 1.82) is 0 Å². The number of nitrogens with zero attached hydrogens (tertiary/aromatic N) is 2. The summed E-state index contributed by atoms with van der Waals surface area (Å²) in [5.74, 6) is -0.0865.